The molecule has 0 aliphatic carbocycles. The van der Waals surface area contributed by atoms with E-state index in [-0.39, 0.29) is 5.41 Å². The smallest absolute Gasteiger partial charge is 0.258 e. The summed E-state index contributed by atoms with van der Waals surface area (Å²) in [6.07, 6.45) is 2.94. The molecule has 2 aromatic heterocycles. The highest BCUT2D eigenvalue weighted by molar-refractivity contribution is 5.58. The molecule has 118 valence electrons. The topological polar surface area (TPSA) is 67.1 Å². The molecular weight excluding hydrogens is 278 g/mol. The number of rotatable bonds is 2. The van der Waals surface area contributed by atoms with E-state index in [1.807, 2.05) is 18.3 Å². The lowest BCUT2D eigenvalue weighted by Gasteiger charge is -2.21. The Labute approximate surface area is 130 Å². The van der Waals surface area contributed by atoms with Crippen LogP contribution in [0.25, 0.3) is 11.5 Å². The summed E-state index contributed by atoms with van der Waals surface area (Å²) in [5.41, 5.74) is 0.804. The van der Waals surface area contributed by atoms with Crippen molar-refractivity contribution >= 4 is 5.82 Å². The fourth-order valence-electron chi connectivity index (χ4n) is 2.44. The lowest BCUT2D eigenvalue weighted by atomic mass is 9.96. The second-order valence-corrected chi connectivity index (χ2v) is 6.67. The molecule has 1 aliphatic heterocycles. The van der Waals surface area contributed by atoms with Crippen LogP contribution in [0.2, 0.25) is 0 Å². The van der Waals surface area contributed by atoms with Crippen molar-refractivity contribution in [3.05, 3.63) is 24.2 Å². The van der Waals surface area contributed by atoms with E-state index in [2.05, 4.69) is 46.1 Å². The van der Waals surface area contributed by atoms with Gasteiger partial charge in [-0.3, -0.25) is 0 Å². The third-order valence-corrected chi connectivity index (χ3v) is 3.75. The van der Waals surface area contributed by atoms with Crippen LogP contribution in [0, 0.1) is 0 Å². The Morgan fingerprint density at radius 1 is 1.23 bits per heavy atom. The standard InChI is InChI=1S/C16H23N5O/c1-16(2,3)15-19-14(22-20-15)12-5-7-18-13(11-12)21-9-4-6-17-8-10-21/h5,7,11,17H,4,6,8-10H2,1-3H3. The Balaban J connectivity index is 1.86. The van der Waals surface area contributed by atoms with Crippen LogP contribution in [0.15, 0.2) is 22.9 Å². The van der Waals surface area contributed by atoms with Crippen LogP contribution >= 0.6 is 0 Å². The molecule has 1 saturated heterocycles. The number of nitrogens with one attached hydrogen (secondary N) is 1. The predicted molar refractivity (Wildman–Crippen MR) is 85.9 cm³/mol. The highest BCUT2D eigenvalue weighted by Crippen LogP contribution is 2.25. The lowest BCUT2D eigenvalue weighted by Crippen LogP contribution is -2.28. The SMILES string of the molecule is CC(C)(C)c1noc(-c2ccnc(N3CCCNCC3)c2)n1. The Hall–Kier alpha value is -1.95. The lowest BCUT2D eigenvalue weighted by molar-refractivity contribution is 0.402. The molecule has 22 heavy (non-hydrogen) atoms. The minimum atomic E-state index is -0.117. The van der Waals surface area contributed by atoms with E-state index >= 15 is 0 Å². The van der Waals surface area contributed by atoms with E-state index in [9.17, 15) is 0 Å². The van der Waals surface area contributed by atoms with Gasteiger partial charge < -0.3 is 14.7 Å². The Bertz CT molecular complexity index is 623. The number of hydrogen-bond acceptors (Lipinski definition) is 6. The van der Waals surface area contributed by atoms with Crippen LogP contribution in [0.1, 0.15) is 33.0 Å². The molecular formula is C16H23N5O. The van der Waals surface area contributed by atoms with Crippen molar-refractivity contribution in [3.63, 3.8) is 0 Å². The summed E-state index contributed by atoms with van der Waals surface area (Å²) in [6, 6.07) is 3.95. The summed E-state index contributed by atoms with van der Waals surface area (Å²) >= 11 is 0. The normalized spacial score (nSPS) is 16.6. The maximum Gasteiger partial charge on any atom is 0.258 e. The molecule has 0 radical (unpaired) electrons. The molecule has 3 heterocycles. The van der Waals surface area contributed by atoms with Gasteiger partial charge in [-0.2, -0.15) is 4.98 Å². The van der Waals surface area contributed by atoms with Gasteiger partial charge in [0.25, 0.3) is 5.89 Å². The Kier molecular flexibility index (Phi) is 4.11. The van der Waals surface area contributed by atoms with Crippen LogP contribution in [0.5, 0.6) is 0 Å². The zero-order valence-electron chi connectivity index (χ0n) is 13.5. The van der Waals surface area contributed by atoms with Gasteiger partial charge in [0.05, 0.1) is 0 Å². The summed E-state index contributed by atoms with van der Waals surface area (Å²) in [5.74, 6) is 2.25. The molecule has 0 unspecified atom stereocenters. The van der Waals surface area contributed by atoms with Gasteiger partial charge >= 0.3 is 0 Å². The van der Waals surface area contributed by atoms with E-state index in [0.717, 1.165) is 49.8 Å². The van der Waals surface area contributed by atoms with Crippen molar-refractivity contribution in [3.8, 4) is 11.5 Å². The van der Waals surface area contributed by atoms with E-state index in [1.54, 1.807) is 0 Å². The maximum absolute atomic E-state index is 5.42. The van der Waals surface area contributed by atoms with Gasteiger partial charge in [0, 0.05) is 36.8 Å². The van der Waals surface area contributed by atoms with Crippen molar-refractivity contribution in [2.24, 2.45) is 0 Å². The summed E-state index contributed by atoms with van der Waals surface area (Å²) in [7, 11) is 0. The molecule has 1 N–H and O–H groups in total. The number of aromatic nitrogens is 3. The number of anilines is 1. The zero-order chi connectivity index (χ0) is 15.6. The van der Waals surface area contributed by atoms with Gasteiger partial charge in [0.15, 0.2) is 5.82 Å². The highest BCUT2D eigenvalue weighted by atomic mass is 16.5. The van der Waals surface area contributed by atoms with Crippen LogP contribution in [-0.2, 0) is 5.41 Å². The van der Waals surface area contributed by atoms with Crippen molar-refractivity contribution in [1.29, 1.82) is 0 Å². The first-order valence-corrected chi connectivity index (χ1v) is 7.80. The van der Waals surface area contributed by atoms with E-state index in [0.29, 0.717) is 5.89 Å². The number of pyridine rings is 1. The van der Waals surface area contributed by atoms with Gasteiger partial charge in [0.2, 0.25) is 0 Å². The first-order valence-electron chi connectivity index (χ1n) is 7.80. The molecule has 6 nitrogen and oxygen atoms in total. The summed E-state index contributed by atoms with van der Waals surface area (Å²) in [4.78, 5) is 11.3. The van der Waals surface area contributed by atoms with E-state index < -0.39 is 0 Å². The quantitative estimate of drug-likeness (QED) is 0.917. The Morgan fingerprint density at radius 3 is 2.86 bits per heavy atom. The first kappa shape index (κ1) is 15.0. The predicted octanol–water partition coefficient (Wildman–Crippen LogP) is 2.23. The molecule has 0 bridgehead atoms. The van der Waals surface area contributed by atoms with Crippen molar-refractivity contribution in [2.75, 3.05) is 31.1 Å². The Morgan fingerprint density at radius 2 is 2.09 bits per heavy atom. The van der Waals surface area contributed by atoms with E-state index in [4.69, 9.17) is 4.52 Å². The van der Waals surface area contributed by atoms with Crippen molar-refractivity contribution in [1.82, 2.24) is 20.4 Å². The van der Waals surface area contributed by atoms with Gasteiger partial charge in [0.1, 0.15) is 5.82 Å². The molecule has 1 fully saturated rings. The van der Waals surface area contributed by atoms with Crippen molar-refractivity contribution < 1.29 is 4.52 Å². The molecule has 0 saturated carbocycles. The summed E-state index contributed by atoms with van der Waals surface area (Å²) in [5, 5.41) is 7.49. The van der Waals surface area contributed by atoms with Gasteiger partial charge in [-0.15, -0.1) is 0 Å². The molecule has 3 rings (SSSR count). The highest BCUT2D eigenvalue weighted by Gasteiger charge is 2.22. The fraction of sp³-hybridized carbons (Fsp3) is 0.562. The van der Waals surface area contributed by atoms with E-state index in [1.165, 1.54) is 0 Å². The van der Waals surface area contributed by atoms with Crippen LogP contribution < -0.4 is 10.2 Å². The average Bonchev–Trinajstić information content (AvgIpc) is 2.84. The average molecular weight is 301 g/mol. The molecule has 1 aliphatic rings. The van der Waals surface area contributed by atoms with Gasteiger partial charge in [-0.05, 0) is 25.1 Å². The summed E-state index contributed by atoms with van der Waals surface area (Å²) < 4.78 is 5.42. The second kappa shape index (κ2) is 6.04. The molecule has 0 aromatic carbocycles. The second-order valence-electron chi connectivity index (χ2n) is 6.67. The molecule has 6 heteroatoms. The molecule has 0 amide bonds. The molecule has 2 aromatic rings. The third-order valence-electron chi connectivity index (χ3n) is 3.75. The number of hydrogen-bond donors (Lipinski definition) is 1. The maximum atomic E-state index is 5.42. The molecule has 0 atom stereocenters. The number of nitrogens with zero attached hydrogens (tertiary/aromatic N) is 4. The monoisotopic (exact) mass is 301 g/mol. The zero-order valence-corrected chi connectivity index (χ0v) is 13.5. The van der Waals surface area contributed by atoms with Crippen LogP contribution in [0.4, 0.5) is 5.82 Å². The van der Waals surface area contributed by atoms with Crippen molar-refractivity contribution in [2.45, 2.75) is 32.6 Å². The third kappa shape index (κ3) is 3.27. The van der Waals surface area contributed by atoms with Gasteiger partial charge in [-0.25, -0.2) is 4.98 Å². The van der Waals surface area contributed by atoms with Crippen LogP contribution in [-0.4, -0.2) is 41.3 Å². The largest absolute Gasteiger partial charge is 0.355 e. The first-order chi connectivity index (χ1) is 10.5. The fourth-order valence-corrected chi connectivity index (χ4v) is 2.44. The minimum Gasteiger partial charge on any atom is -0.355 e. The summed E-state index contributed by atoms with van der Waals surface area (Å²) in [6.45, 7) is 10.3. The van der Waals surface area contributed by atoms with Crippen LogP contribution in [0.3, 0.4) is 0 Å². The molecule has 0 spiro atoms. The minimum absolute atomic E-state index is 0.117. The van der Waals surface area contributed by atoms with Gasteiger partial charge in [-0.1, -0.05) is 25.9 Å².